The van der Waals surface area contributed by atoms with Gasteiger partial charge in [-0.05, 0) is 50.6 Å². The Bertz CT molecular complexity index is 996. The first-order chi connectivity index (χ1) is 12.9. The van der Waals surface area contributed by atoms with E-state index in [0.29, 0.717) is 22.0 Å². The van der Waals surface area contributed by atoms with E-state index in [-0.39, 0.29) is 6.04 Å². The smallest absolute Gasteiger partial charge is 0.293 e. The van der Waals surface area contributed by atoms with Crippen molar-refractivity contribution < 1.29 is 9.59 Å². The third-order valence-corrected chi connectivity index (χ3v) is 4.66. The Morgan fingerprint density at radius 1 is 1.07 bits per heavy atom. The predicted octanol–water partition coefficient (Wildman–Crippen LogP) is 4.20. The van der Waals surface area contributed by atoms with Gasteiger partial charge < -0.3 is 5.32 Å². The molecule has 5 nitrogen and oxygen atoms in total. The lowest BCUT2D eigenvalue weighted by atomic mass is 10.1. The van der Waals surface area contributed by atoms with Gasteiger partial charge in [0.15, 0.2) is 0 Å². The molecular formula is C21H20ClN3O2. The molecule has 0 radical (unpaired) electrons. The number of hydrogen-bond acceptors (Lipinski definition) is 3. The quantitative estimate of drug-likeness (QED) is 0.532. The van der Waals surface area contributed by atoms with Crippen LogP contribution >= 0.6 is 11.6 Å². The zero-order chi connectivity index (χ0) is 19.6. The van der Waals surface area contributed by atoms with E-state index < -0.39 is 11.7 Å². The first-order valence-electron chi connectivity index (χ1n) is 8.60. The van der Waals surface area contributed by atoms with E-state index in [9.17, 15) is 9.59 Å². The van der Waals surface area contributed by atoms with Crippen LogP contribution in [0.4, 0.5) is 0 Å². The van der Waals surface area contributed by atoms with Crippen LogP contribution in [0.3, 0.4) is 0 Å². The average molecular weight is 382 g/mol. The Morgan fingerprint density at radius 2 is 1.78 bits per heavy atom. The van der Waals surface area contributed by atoms with E-state index in [1.807, 2.05) is 43.3 Å². The van der Waals surface area contributed by atoms with Crippen LogP contribution in [0, 0.1) is 13.8 Å². The van der Waals surface area contributed by atoms with E-state index in [0.717, 1.165) is 11.3 Å². The second-order valence-electron chi connectivity index (χ2n) is 6.37. The molecule has 3 aromatic rings. The molecule has 1 heterocycles. The van der Waals surface area contributed by atoms with Crippen LogP contribution in [0.2, 0.25) is 5.02 Å². The molecule has 0 saturated carbocycles. The molecule has 0 aliphatic carbocycles. The van der Waals surface area contributed by atoms with Crippen molar-refractivity contribution in [1.29, 1.82) is 0 Å². The van der Waals surface area contributed by atoms with Crippen LogP contribution in [0.5, 0.6) is 0 Å². The number of nitrogens with zero attached hydrogens (tertiary/aromatic N) is 2. The fourth-order valence-electron chi connectivity index (χ4n) is 3.03. The van der Waals surface area contributed by atoms with E-state index in [4.69, 9.17) is 11.6 Å². The van der Waals surface area contributed by atoms with Gasteiger partial charge in [0.2, 0.25) is 0 Å². The molecule has 0 fully saturated rings. The van der Waals surface area contributed by atoms with Crippen LogP contribution in [-0.4, -0.2) is 21.5 Å². The number of halogens is 1. The van der Waals surface area contributed by atoms with Gasteiger partial charge in [-0.15, -0.1) is 0 Å². The fraction of sp³-hybridized carbons (Fsp3) is 0.190. The summed E-state index contributed by atoms with van der Waals surface area (Å²) in [5.41, 5.74) is 3.15. The van der Waals surface area contributed by atoms with Gasteiger partial charge in [-0.25, -0.2) is 4.68 Å². The number of ketones is 1. The number of aryl methyl sites for hydroxylation is 1. The molecule has 0 spiro atoms. The summed E-state index contributed by atoms with van der Waals surface area (Å²) in [6.07, 6.45) is 0. The van der Waals surface area contributed by atoms with Crippen LogP contribution in [0.25, 0.3) is 5.69 Å². The largest absolute Gasteiger partial charge is 0.343 e. The summed E-state index contributed by atoms with van der Waals surface area (Å²) in [5.74, 6) is -1.26. The number of benzene rings is 2. The van der Waals surface area contributed by atoms with Gasteiger partial charge >= 0.3 is 0 Å². The number of rotatable bonds is 5. The second-order valence-corrected chi connectivity index (χ2v) is 6.81. The third-order valence-electron chi connectivity index (χ3n) is 4.42. The van der Waals surface area contributed by atoms with Crippen LogP contribution in [-0.2, 0) is 4.79 Å². The number of carbonyl (C=O) groups is 2. The maximum absolute atomic E-state index is 12.8. The van der Waals surface area contributed by atoms with Crippen molar-refractivity contribution in [3.63, 3.8) is 0 Å². The zero-order valence-corrected chi connectivity index (χ0v) is 16.1. The standard InChI is InChI=1S/C21H20ClN3O2/c1-13(16-8-7-9-17(22)12-16)23-21(27)20(26)19-14(2)24-25(15(19)3)18-10-5-4-6-11-18/h4-13H,1-3H3,(H,23,27)/t13-/m1/s1. The first-order valence-corrected chi connectivity index (χ1v) is 8.98. The summed E-state index contributed by atoms with van der Waals surface area (Å²) in [5, 5.41) is 7.75. The summed E-state index contributed by atoms with van der Waals surface area (Å²) < 4.78 is 1.68. The highest BCUT2D eigenvalue weighted by Gasteiger charge is 2.26. The number of aromatic nitrogens is 2. The van der Waals surface area contributed by atoms with Crippen molar-refractivity contribution in [3.05, 3.63) is 82.1 Å². The van der Waals surface area contributed by atoms with Gasteiger partial charge in [-0.3, -0.25) is 9.59 Å². The number of nitrogens with one attached hydrogen (secondary N) is 1. The molecule has 2 aromatic carbocycles. The van der Waals surface area contributed by atoms with E-state index in [1.54, 1.807) is 36.7 Å². The molecule has 0 aliphatic heterocycles. The Morgan fingerprint density at radius 3 is 2.44 bits per heavy atom. The van der Waals surface area contributed by atoms with Gasteiger partial charge in [0.1, 0.15) is 0 Å². The van der Waals surface area contributed by atoms with Gasteiger partial charge in [-0.1, -0.05) is 41.9 Å². The predicted molar refractivity (Wildman–Crippen MR) is 105 cm³/mol. The van der Waals surface area contributed by atoms with E-state index in [1.165, 1.54) is 0 Å². The van der Waals surface area contributed by atoms with Crippen molar-refractivity contribution in [2.45, 2.75) is 26.8 Å². The maximum atomic E-state index is 12.8. The summed E-state index contributed by atoms with van der Waals surface area (Å²) in [4.78, 5) is 25.3. The van der Waals surface area contributed by atoms with Crippen molar-refractivity contribution in [1.82, 2.24) is 15.1 Å². The first kappa shape index (κ1) is 18.9. The highest BCUT2D eigenvalue weighted by Crippen LogP contribution is 2.20. The van der Waals surface area contributed by atoms with Crippen molar-refractivity contribution in [2.24, 2.45) is 0 Å². The molecule has 0 saturated heterocycles. The topological polar surface area (TPSA) is 64.0 Å². The third kappa shape index (κ3) is 3.93. The highest BCUT2D eigenvalue weighted by atomic mass is 35.5. The minimum absolute atomic E-state index is 0.328. The van der Waals surface area contributed by atoms with E-state index >= 15 is 0 Å². The fourth-order valence-corrected chi connectivity index (χ4v) is 3.23. The molecule has 0 unspecified atom stereocenters. The summed E-state index contributed by atoms with van der Waals surface area (Å²) in [7, 11) is 0. The molecule has 1 amide bonds. The molecule has 138 valence electrons. The molecule has 1 N–H and O–H groups in total. The minimum Gasteiger partial charge on any atom is -0.343 e. The second kappa shape index (κ2) is 7.76. The summed E-state index contributed by atoms with van der Waals surface area (Å²) in [6.45, 7) is 5.32. The van der Waals surface area contributed by atoms with Crippen molar-refractivity contribution in [2.75, 3.05) is 0 Å². The lowest BCUT2D eigenvalue weighted by Gasteiger charge is -2.14. The Balaban J connectivity index is 1.83. The number of para-hydroxylation sites is 1. The maximum Gasteiger partial charge on any atom is 0.293 e. The molecule has 6 heteroatoms. The lowest BCUT2D eigenvalue weighted by molar-refractivity contribution is -0.117. The summed E-state index contributed by atoms with van der Waals surface area (Å²) >= 11 is 6.00. The van der Waals surface area contributed by atoms with Crippen LogP contribution < -0.4 is 5.32 Å². The molecule has 1 aromatic heterocycles. The SMILES string of the molecule is Cc1nn(-c2ccccc2)c(C)c1C(=O)C(=O)N[C@H](C)c1cccc(Cl)c1. The van der Waals surface area contributed by atoms with Gasteiger partial charge in [0.25, 0.3) is 11.7 Å². The molecule has 3 rings (SSSR count). The van der Waals surface area contributed by atoms with Crippen molar-refractivity contribution in [3.8, 4) is 5.69 Å². The molecule has 1 atom stereocenters. The number of carbonyl (C=O) groups excluding carboxylic acids is 2. The van der Waals surface area contributed by atoms with Gasteiger partial charge in [0.05, 0.1) is 28.7 Å². The molecule has 0 bridgehead atoms. The molecule has 27 heavy (non-hydrogen) atoms. The number of amides is 1. The number of hydrogen-bond donors (Lipinski definition) is 1. The Labute approximate surface area is 163 Å². The van der Waals surface area contributed by atoms with E-state index in [2.05, 4.69) is 10.4 Å². The van der Waals surface area contributed by atoms with Crippen LogP contribution in [0.15, 0.2) is 54.6 Å². The van der Waals surface area contributed by atoms with Crippen LogP contribution in [0.1, 0.15) is 40.3 Å². The summed E-state index contributed by atoms with van der Waals surface area (Å²) in [6, 6.07) is 16.3. The Kier molecular flexibility index (Phi) is 5.42. The Hall–Kier alpha value is -2.92. The normalized spacial score (nSPS) is 11.9. The monoisotopic (exact) mass is 381 g/mol. The molecular weight excluding hydrogens is 362 g/mol. The zero-order valence-electron chi connectivity index (χ0n) is 15.4. The van der Waals surface area contributed by atoms with Crippen molar-refractivity contribution >= 4 is 23.3 Å². The van der Waals surface area contributed by atoms with Gasteiger partial charge in [0, 0.05) is 5.02 Å². The lowest BCUT2D eigenvalue weighted by Crippen LogP contribution is -2.33. The minimum atomic E-state index is -0.665. The average Bonchev–Trinajstić information content (AvgIpc) is 2.96. The molecule has 0 aliphatic rings. The number of Topliss-reactive ketones (excluding diaryl/α,β-unsaturated/α-hetero) is 1. The highest BCUT2D eigenvalue weighted by molar-refractivity contribution is 6.43. The van der Waals surface area contributed by atoms with Gasteiger partial charge in [-0.2, -0.15) is 5.10 Å².